The zero-order chi connectivity index (χ0) is 15.4. The molecule has 110 valence electrons. The van der Waals surface area contributed by atoms with Gasteiger partial charge in [0.2, 0.25) is 5.91 Å². The monoisotopic (exact) mass is 288 g/mol. The van der Waals surface area contributed by atoms with Crippen molar-refractivity contribution < 1.29 is 9.72 Å². The fourth-order valence-corrected chi connectivity index (χ4v) is 2.39. The van der Waals surface area contributed by atoms with Gasteiger partial charge in [0.05, 0.1) is 16.6 Å². The second-order valence-electron chi connectivity index (χ2n) is 4.98. The summed E-state index contributed by atoms with van der Waals surface area (Å²) >= 11 is 0. The molecule has 0 bridgehead atoms. The number of likely N-dealkylation sites (N-methyl/N-ethyl adjacent to an activating group) is 1. The number of nitro benzene ring substituents is 1. The molecule has 0 aromatic heterocycles. The molecule has 21 heavy (non-hydrogen) atoms. The summed E-state index contributed by atoms with van der Waals surface area (Å²) < 4.78 is 0. The van der Waals surface area contributed by atoms with E-state index in [4.69, 9.17) is 5.26 Å². The van der Waals surface area contributed by atoms with Crippen LogP contribution in [0.25, 0.3) is 0 Å². The van der Waals surface area contributed by atoms with Crippen LogP contribution >= 0.6 is 0 Å². The fraction of sp³-hybridized carbons (Fsp3) is 0.429. The Morgan fingerprint density at radius 1 is 1.52 bits per heavy atom. The van der Waals surface area contributed by atoms with Gasteiger partial charge in [-0.15, -0.1) is 0 Å². The molecule has 2 rings (SSSR count). The number of carbonyl (C=O) groups excluding carboxylic acids is 1. The highest BCUT2D eigenvalue weighted by atomic mass is 16.6. The molecule has 0 spiro atoms. The molecule has 7 heteroatoms. The van der Waals surface area contributed by atoms with Gasteiger partial charge in [0.25, 0.3) is 5.69 Å². The molecular formula is C14H16N4O3. The van der Waals surface area contributed by atoms with E-state index in [1.165, 1.54) is 6.07 Å². The summed E-state index contributed by atoms with van der Waals surface area (Å²) in [7, 11) is 1.74. The highest BCUT2D eigenvalue weighted by Gasteiger charge is 2.22. The lowest BCUT2D eigenvalue weighted by Crippen LogP contribution is -2.34. The lowest BCUT2D eigenvalue weighted by molar-refractivity contribution is -0.384. The SMILES string of the molecule is CN(CCN1CCCC1=O)c1ccc(C#N)cc1[N+](=O)[O-]. The number of hydrogen-bond acceptors (Lipinski definition) is 5. The molecule has 7 nitrogen and oxygen atoms in total. The second kappa shape index (κ2) is 6.22. The zero-order valence-electron chi connectivity index (χ0n) is 11.8. The van der Waals surface area contributed by atoms with Gasteiger partial charge in [-0.25, -0.2) is 0 Å². The zero-order valence-corrected chi connectivity index (χ0v) is 11.8. The molecular weight excluding hydrogens is 272 g/mol. The summed E-state index contributed by atoms with van der Waals surface area (Å²) in [5.41, 5.74) is 0.614. The van der Waals surface area contributed by atoms with E-state index < -0.39 is 4.92 Å². The number of nitriles is 1. The van der Waals surface area contributed by atoms with Gasteiger partial charge in [-0.2, -0.15) is 5.26 Å². The van der Waals surface area contributed by atoms with Gasteiger partial charge in [0, 0.05) is 39.2 Å². The molecule has 1 amide bonds. The number of benzene rings is 1. The van der Waals surface area contributed by atoms with Crippen molar-refractivity contribution in [3.8, 4) is 6.07 Å². The van der Waals surface area contributed by atoms with E-state index in [9.17, 15) is 14.9 Å². The molecule has 0 aliphatic carbocycles. The Labute approximate surface area is 122 Å². The van der Waals surface area contributed by atoms with Gasteiger partial charge in [-0.3, -0.25) is 14.9 Å². The van der Waals surface area contributed by atoms with Crippen LogP contribution in [0.2, 0.25) is 0 Å². The average Bonchev–Trinajstić information content (AvgIpc) is 2.89. The summed E-state index contributed by atoms with van der Waals surface area (Å²) in [5.74, 6) is 0.137. The predicted octanol–water partition coefficient (Wildman–Crippen LogP) is 1.53. The minimum Gasteiger partial charge on any atom is -0.367 e. The Morgan fingerprint density at radius 3 is 2.86 bits per heavy atom. The van der Waals surface area contributed by atoms with Crippen LogP contribution in [0, 0.1) is 21.4 Å². The number of hydrogen-bond donors (Lipinski definition) is 0. The number of likely N-dealkylation sites (tertiary alicyclic amines) is 1. The molecule has 0 atom stereocenters. The molecule has 1 fully saturated rings. The number of nitro groups is 1. The van der Waals surface area contributed by atoms with E-state index in [1.807, 2.05) is 6.07 Å². The summed E-state index contributed by atoms with van der Waals surface area (Å²) in [6.07, 6.45) is 1.46. The highest BCUT2D eigenvalue weighted by Crippen LogP contribution is 2.28. The van der Waals surface area contributed by atoms with Gasteiger partial charge in [-0.1, -0.05) is 0 Å². The number of nitrogens with zero attached hydrogens (tertiary/aromatic N) is 4. The van der Waals surface area contributed by atoms with Crippen molar-refractivity contribution in [3.05, 3.63) is 33.9 Å². The maximum Gasteiger partial charge on any atom is 0.293 e. The second-order valence-corrected chi connectivity index (χ2v) is 4.98. The van der Waals surface area contributed by atoms with Gasteiger partial charge in [-0.05, 0) is 18.6 Å². The fourth-order valence-electron chi connectivity index (χ4n) is 2.39. The van der Waals surface area contributed by atoms with Crippen molar-refractivity contribution in [3.63, 3.8) is 0 Å². The summed E-state index contributed by atoms with van der Waals surface area (Å²) in [6, 6.07) is 6.29. The smallest absolute Gasteiger partial charge is 0.293 e. The standard InChI is InChI=1S/C14H16N4O3/c1-16(7-8-17-6-2-3-14(17)19)12-5-4-11(10-15)9-13(12)18(20)21/h4-5,9H,2-3,6-8H2,1H3. The van der Waals surface area contributed by atoms with Crippen molar-refractivity contribution in [2.24, 2.45) is 0 Å². The first-order chi connectivity index (χ1) is 10.0. The normalized spacial score (nSPS) is 14.1. The Morgan fingerprint density at radius 2 is 2.29 bits per heavy atom. The first-order valence-electron chi connectivity index (χ1n) is 6.70. The summed E-state index contributed by atoms with van der Waals surface area (Å²) in [4.78, 5) is 25.7. The van der Waals surface area contributed by atoms with Gasteiger partial charge in [0.15, 0.2) is 0 Å². The molecule has 0 radical (unpaired) electrons. The van der Waals surface area contributed by atoms with Crippen LogP contribution in [0.1, 0.15) is 18.4 Å². The van der Waals surface area contributed by atoms with E-state index in [0.29, 0.717) is 25.2 Å². The number of anilines is 1. The lowest BCUT2D eigenvalue weighted by atomic mass is 10.1. The minimum absolute atomic E-state index is 0.0932. The van der Waals surface area contributed by atoms with E-state index in [-0.39, 0.29) is 17.2 Å². The van der Waals surface area contributed by atoms with Crippen LogP contribution < -0.4 is 4.90 Å². The molecule has 1 aromatic carbocycles. The Kier molecular flexibility index (Phi) is 4.38. The van der Waals surface area contributed by atoms with Crippen LogP contribution in [0.4, 0.5) is 11.4 Å². The largest absolute Gasteiger partial charge is 0.367 e. The van der Waals surface area contributed by atoms with Crippen LogP contribution in [0.15, 0.2) is 18.2 Å². The van der Waals surface area contributed by atoms with Crippen LogP contribution in [-0.2, 0) is 4.79 Å². The third-order valence-electron chi connectivity index (χ3n) is 3.59. The third kappa shape index (κ3) is 3.28. The Hall–Kier alpha value is -2.62. The molecule has 0 unspecified atom stereocenters. The van der Waals surface area contributed by atoms with Gasteiger partial charge < -0.3 is 9.80 Å². The van der Waals surface area contributed by atoms with Crippen molar-refractivity contribution in [1.29, 1.82) is 5.26 Å². The molecule has 1 aliphatic rings. The van der Waals surface area contributed by atoms with Gasteiger partial charge >= 0.3 is 0 Å². The molecule has 0 N–H and O–H groups in total. The van der Waals surface area contributed by atoms with Crippen LogP contribution in [0.5, 0.6) is 0 Å². The molecule has 1 aromatic rings. The maximum absolute atomic E-state index is 11.5. The highest BCUT2D eigenvalue weighted by molar-refractivity contribution is 5.78. The minimum atomic E-state index is -0.492. The quantitative estimate of drug-likeness (QED) is 0.605. The van der Waals surface area contributed by atoms with Crippen molar-refractivity contribution in [2.75, 3.05) is 31.6 Å². The van der Waals surface area contributed by atoms with Crippen LogP contribution in [-0.4, -0.2) is 42.4 Å². The number of carbonyl (C=O) groups is 1. The van der Waals surface area contributed by atoms with Crippen molar-refractivity contribution >= 4 is 17.3 Å². The maximum atomic E-state index is 11.5. The van der Waals surface area contributed by atoms with E-state index in [0.717, 1.165) is 13.0 Å². The first kappa shape index (κ1) is 14.8. The van der Waals surface area contributed by atoms with Crippen molar-refractivity contribution in [1.82, 2.24) is 4.90 Å². The predicted molar refractivity (Wildman–Crippen MR) is 76.9 cm³/mol. The molecule has 1 aliphatic heterocycles. The van der Waals surface area contributed by atoms with E-state index in [1.54, 1.807) is 29.0 Å². The number of amides is 1. The molecule has 0 saturated carbocycles. The Balaban J connectivity index is 2.11. The van der Waals surface area contributed by atoms with Crippen molar-refractivity contribution in [2.45, 2.75) is 12.8 Å². The topological polar surface area (TPSA) is 90.5 Å². The van der Waals surface area contributed by atoms with E-state index in [2.05, 4.69) is 0 Å². The third-order valence-corrected chi connectivity index (χ3v) is 3.59. The number of rotatable bonds is 5. The first-order valence-corrected chi connectivity index (χ1v) is 6.70. The average molecular weight is 288 g/mol. The Bertz CT molecular complexity index is 609. The summed E-state index contributed by atoms with van der Waals surface area (Å²) in [5, 5.41) is 19.9. The van der Waals surface area contributed by atoms with Crippen LogP contribution in [0.3, 0.4) is 0 Å². The van der Waals surface area contributed by atoms with Gasteiger partial charge in [0.1, 0.15) is 5.69 Å². The summed E-state index contributed by atoms with van der Waals surface area (Å²) in [6.45, 7) is 1.81. The van der Waals surface area contributed by atoms with E-state index >= 15 is 0 Å². The molecule has 1 heterocycles. The molecule has 1 saturated heterocycles. The lowest BCUT2D eigenvalue weighted by Gasteiger charge is -2.23.